The Morgan fingerprint density at radius 1 is 1.41 bits per heavy atom. The molecule has 8 nitrogen and oxygen atoms in total. The van der Waals surface area contributed by atoms with Crippen LogP contribution in [0.3, 0.4) is 0 Å². The number of nitrogens with zero attached hydrogens (tertiary/aromatic N) is 1. The monoisotopic (exact) mass is 376 g/mol. The summed E-state index contributed by atoms with van der Waals surface area (Å²) in [6.07, 6.45) is 1.02. The average Bonchev–Trinajstić information content (AvgIpc) is 2.60. The lowest BCUT2D eigenvalue weighted by Gasteiger charge is -2.39. The number of benzene rings is 1. The second kappa shape index (κ2) is 9.54. The van der Waals surface area contributed by atoms with Gasteiger partial charge in [0.2, 0.25) is 5.91 Å². The van der Waals surface area contributed by atoms with Crippen molar-refractivity contribution < 1.29 is 29.0 Å². The van der Waals surface area contributed by atoms with Gasteiger partial charge < -0.3 is 24.3 Å². The number of ether oxygens (including phenoxy) is 1. The Balaban J connectivity index is 1.97. The highest BCUT2D eigenvalue weighted by molar-refractivity contribution is 6.32. The quantitative estimate of drug-likeness (QED) is 0.370. The molecule has 27 heavy (non-hydrogen) atoms. The summed E-state index contributed by atoms with van der Waals surface area (Å²) in [5.41, 5.74) is -0.00839. The van der Waals surface area contributed by atoms with E-state index in [9.17, 15) is 9.59 Å². The number of likely N-dealkylation sites (tertiary alicyclic amines) is 1. The van der Waals surface area contributed by atoms with E-state index in [-0.39, 0.29) is 18.9 Å². The molecule has 1 aliphatic rings. The minimum absolute atomic E-state index is 0.210. The number of amides is 2. The van der Waals surface area contributed by atoms with Crippen LogP contribution in [0.1, 0.15) is 25.3 Å². The van der Waals surface area contributed by atoms with E-state index in [1.165, 1.54) is 6.08 Å². The van der Waals surface area contributed by atoms with Crippen molar-refractivity contribution in [3.05, 3.63) is 48.6 Å². The number of piperidine rings is 1. The molecule has 0 saturated carbocycles. The van der Waals surface area contributed by atoms with Gasteiger partial charge in [-0.15, -0.1) is 0 Å². The van der Waals surface area contributed by atoms with Crippen LogP contribution in [0.2, 0.25) is 0 Å². The van der Waals surface area contributed by atoms with Crippen molar-refractivity contribution in [2.75, 3.05) is 13.1 Å². The summed E-state index contributed by atoms with van der Waals surface area (Å²) in [5.74, 6) is -0.210. The molecule has 1 saturated heterocycles. The van der Waals surface area contributed by atoms with E-state index >= 15 is 0 Å². The van der Waals surface area contributed by atoms with Gasteiger partial charge in [0.1, 0.15) is 11.8 Å². The Morgan fingerprint density at radius 2 is 2.11 bits per heavy atom. The Morgan fingerprint density at radius 3 is 2.74 bits per heavy atom. The van der Waals surface area contributed by atoms with Gasteiger partial charge >= 0.3 is 13.4 Å². The van der Waals surface area contributed by atoms with Crippen molar-refractivity contribution in [1.82, 2.24) is 10.2 Å². The van der Waals surface area contributed by atoms with Crippen molar-refractivity contribution in [2.45, 2.75) is 38.0 Å². The standard InChI is InChI=1S/C18H25BN2O6/c1-3-16(22)21-11-7-10-18(2,13-21)26-17(23)20-15(27-19(24)25)12-14-8-5-4-6-9-14/h3-6,8-9,15,24-25H,1,7,10-13H2,2H3,(H,20,23)/t15-,18?/m1/s1. The van der Waals surface area contributed by atoms with Gasteiger partial charge in [-0.05, 0) is 31.4 Å². The number of nitrogens with one attached hydrogen (secondary N) is 1. The maximum Gasteiger partial charge on any atom is 0.635 e. The Labute approximate surface area is 158 Å². The molecule has 146 valence electrons. The smallest absolute Gasteiger partial charge is 0.441 e. The van der Waals surface area contributed by atoms with E-state index in [0.29, 0.717) is 19.4 Å². The predicted octanol–water partition coefficient (Wildman–Crippen LogP) is 0.835. The van der Waals surface area contributed by atoms with E-state index in [1.54, 1.807) is 11.8 Å². The van der Waals surface area contributed by atoms with Crippen LogP contribution in [0.15, 0.2) is 43.0 Å². The first kappa shape index (κ1) is 21.0. The fraction of sp³-hybridized carbons (Fsp3) is 0.444. The zero-order chi connectivity index (χ0) is 19.9. The van der Waals surface area contributed by atoms with Gasteiger partial charge in [0, 0.05) is 13.0 Å². The molecule has 3 N–H and O–H groups in total. The molecule has 0 bridgehead atoms. The van der Waals surface area contributed by atoms with Crippen LogP contribution in [0.4, 0.5) is 4.79 Å². The molecule has 1 fully saturated rings. The molecule has 2 amide bonds. The molecule has 2 rings (SSSR count). The van der Waals surface area contributed by atoms with Crippen LogP contribution in [0.5, 0.6) is 0 Å². The number of hydrogen-bond donors (Lipinski definition) is 3. The summed E-state index contributed by atoms with van der Waals surface area (Å²) in [5, 5.41) is 20.7. The number of carbonyl (C=O) groups excluding carboxylic acids is 2. The third kappa shape index (κ3) is 6.71. The molecule has 1 heterocycles. The summed E-state index contributed by atoms with van der Waals surface area (Å²) in [6.45, 7) is 6.08. The van der Waals surface area contributed by atoms with Crippen LogP contribution in [-0.4, -0.2) is 59.2 Å². The van der Waals surface area contributed by atoms with Gasteiger partial charge in [-0.25, -0.2) is 4.79 Å². The largest absolute Gasteiger partial charge is 0.635 e. The van der Waals surface area contributed by atoms with Crippen molar-refractivity contribution in [3.8, 4) is 0 Å². The maximum atomic E-state index is 12.3. The SMILES string of the molecule is C=CC(=O)N1CCCC(C)(OC(=O)N[C@@H](Cc2ccccc2)OB(O)O)C1. The summed E-state index contributed by atoms with van der Waals surface area (Å²) in [4.78, 5) is 25.7. The molecule has 2 atom stereocenters. The lowest BCUT2D eigenvalue weighted by molar-refractivity contribution is -0.132. The van der Waals surface area contributed by atoms with Crippen LogP contribution in [0.25, 0.3) is 0 Å². The highest BCUT2D eigenvalue weighted by Gasteiger charge is 2.36. The third-order valence-corrected chi connectivity index (χ3v) is 4.31. The Bertz CT molecular complexity index is 657. The molecular weight excluding hydrogens is 351 g/mol. The average molecular weight is 376 g/mol. The first-order chi connectivity index (χ1) is 12.8. The summed E-state index contributed by atoms with van der Waals surface area (Å²) >= 11 is 0. The second-order valence-corrected chi connectivity index (χ2v) is 6.69. The number of hydrogen-bond acceptors (Lipinski definition) is 6. The van der Waals surface area contributed by atoms with Gasteiger partial charge in [0.05, 0.1) is 6.54 Å². The highest BCUT2D eigenvalue weighted by Crippen LogP contribution is 2.25. The second-order valence-electron chi connectivity index (χ2n) is 6.69. The fourth-order valence-corrected chi connectivity index (χ4v) is 3.10. The van der Waals surface area contributed by atoms with Crippen molar-refractivity contribution in [1.29, 1.82) is 0 Å². The van der Waals surface area contributed by atoms with Gasteiger partial charge in [-0.1, -0.05) is 36.9 Å². The molecule has 1 unspecified atom stereocenters. The normalized spacial score (nSPS) is 20.5. The zero-order valence-corrected chi connectivity index (χ0v) is 15.3. The molecule has 0 radical (unpaired) electrons. The molecule has 9 heteroatoms. The van der Waals surface area contributed by atoms with E-state index in [2.05, 4.69) is 11.9 Å². The van der Waals surface area contributed by atoms with E-state index in [0.717, 1.165) is 5.56 Å². The van der Waals surface area contributed by atoms with Crippen LogP contribution in [0, 0.1) is 0 Å². The number of alkyl carbamates (subject to hydrolysis) is 1. The lowest BCUT2D eigenvalue weighted by Crippen LogP contribution is -2.53. The van der Waals surface area contributed by atoms with E-state index in [1.807, 2.05) is 30.3 Å². The van der Waals surface area contributed by atoms with E-state index in [4.69, 9.17) is 19.4 Å². The third-order valence-electron chi connectivity index (χ3n) is 4.31. The molecule has 1 aliphatic heterocycles. The van der Waals surface area contributed by atoms with Gasteiger partial charge in [0.15, 0.2) is 0 Å². The van der Waals surface area contributed by atoms with Crippen LogP contribution >= 0.6 is 0 Å². The first-order valence-electron chi connectivity index (χ1n) is 8.78. The summed E-state index contributed by atoms with van der Waals surface area (Å²) in [6, 6.07) is 9.16. The van der Waals surface area contributed by atoms with E-state index < -0.39 is 25.2 Å². The molecule has 0 aromatic heterocycles. The van der Waals surface area contributed by atoms with Crippen LogP contribution < -0.4 is 5.32 Å². The molecular formula is C18H25BN2O6. The number of rotatable bonds is 7. The Kier molecular flexibility index (Phi) is 7.40. The van der Waals surface area contributed by atoms with Crippen molar-refractivity contribution in [2.24, 2.45) is 0 Å². The summed E-state index contributed by atoms with van der Waals surface area (Å²) in [7, 11) is -2.04. The molecule has 0 aliphatic carbocycles. The Hall–Kier alpha value is -2.36. The summed E-state index contributed by atoms with van der Waals surface area (Å²) < 4.78 is 10.5. The van der Waals surface area contributed by atoms with Gasteiger partial charge in [-0.3, -0.25) is 10.1 Å². The molecule has 1 aromatic rings. The van der Waals surface area contributed by atoms with Gasteiger partial charge in [-0.2, -0.15) is 0 Å². The highest BCUT2D eigenvalue weighted by atomic mass is 16.6. The predicted molar refractivity (Wildman–Crippen MR) is 99.2 cm³/mol. The van der Waals surface area contributed by atoms with Crippen molar-refractivity contribution >= 4 is 19.3 Å². The lowest BCUT2D eigenvalue weighted by atomic mass is 9.94. The topological polar surface area (TPSA) is 108 Å². The van der Waals surface area contributed by atoms with Crippen molar-refractivity contribution in [3.63, 3.8) is 0 Å². The molecule has 0 spiro atoms. The minimum atomic E-state index is -2.04. The minimum Gasteiger partial charge on any atom is -0.441 e. The first-order valence-corrected chi connectivity index (χ1v) is 8.78. The number of carbonyl (C=O) groups is 2. The molecule has 1 aromatic carbocycles. The zero-order valence-electron chi connectivity index (χ0n) is 15.3. The fourth-order valence-electron chi connectivity index (χ4n) is 3.10. The van der Waals surface area contributed by atoms with Crippen LogP contribution in [-0.2, 0) is 20.6 Å². The van der Waals surface area contributed by atoms with Gasteiger partial charge in [0.25, 0.3) is 0 Å². The maximum absolute atomic E-state index is 12.3.